The van der Waals surface area contributed by atoms with Gasteiger partial charge in [0.2, 0.25) is 0 Å². The molecule has 0 heterocycles. The summed E-state index contributed by atoms with van der Waals surface area (Å²) in [7, 11) is 0. The van der Waals surface area contributed by atoms with Gasteiger partial charge in [0.15, 0.2) is 28.7 Å². The first-order valence-corrected chi connectivity index (χ1v) is 5.53. The van der Waals surface area contributed by atoms with Crippen molar-refractivity contribution >= 4 is 5.97 Å². The standard InChI is InChI=1S/C12H6F7NO2/c1-2-11(3-20,10(21)22)4-6(13)8(15)5(12(17,18)19)9(16)7(4)14/h2H2,1H3,(H,21,22). The predicted molar refractivity (Wildman–Crippen MR) is 56.5 cm³/mol. The van der Waals surface area contributed by atoms with E-state index in [1.807, 2.05) is 0 Å². The molecule has 0 spiro atoms. The van der Waals surface area contributed by atoms with E-state index in [4.69, 9.17) is 10.4 Å². The Morgan fingerprint density at radius 2 is 1.41 bits per heavy atom. The van der Waals surface area contributed by atoms with Crippen LogP contribution in [0, 0.1) is 34.6 Å². The van der Waals surface area contributed by atoms with E-state index < -0.39 is 58.4 Å². The van der Waals surface area contributed by atoms with Gasteiger partial charge in [-0.05, 0) is 6.42 Å². The number of carboxylic acids is 1. The summed E-state index contributed by atoms with van der Waals surface area (Å²) in [5.41, 5.74) is -7.81. The molecule has 0 saturated carbocycles. The molecular weight excluding hydrogens is 323 g/mol. The van der Waals surface area contributed by atoms with Crippen LogP contribution in [0.15, 0.2) is 0 Å². The normalized spacial score (nSPS) is 14.3. The lowest BCUT2D eigenvalue weighted by Gasteiger charge is -2.23. The molecule has 0 bridgehead atoms. The molecule has 22 heavy (non-hydrogen) atoms. The average molecular weight is 329 g/mol. The Kier molecular flexibility index (Phi) is 4.41. The number of rotatable bonds is 3. The first-order valence-electron chi connectivity index (χ1n) is 5.53. The number of hydrogen-bond donors (Lipinski definition) is 1. The van der Waals surface area contributed by atoms with E-state index in [-0.39, 0.29) is 0 Å². The molecule has 0 aliphatic heterocycles. The third kappa shape index (κ3) is 2.36. The highest BCUT2D eigenvalue weighted by Crippen LogP contribution is 2.41. The van der Waals surface area contributed by atoms with Gasteiger partial charge < -0.3 is 5.11 Å². The fourth-order valence-corrected chi connectivity index (χ4v) is 1.87. The highest BCUT2D eigenvalue weighted by molar-refractivity contribution is 5.85. The Morgan fingerprint density at radius 3 is 1.64 bits per heavy atom. The second-order valence-electron chi connectivity index (χ2n) is 4.18. The lowest BCUT2D eigenvalue weighted by atomic mass is 9.78. The molecule has 0 amide bonds. The van der Waals surface area contributed by atoms with Crippen LogP contribution in [0.1, 0.15) is 24.5 Å². The lowest BCUT2D eigenvalue weighted by molar-refractivity contribution is -0.143. The van der Waals surface area contributed by atoms with Gasteiger partial charge in [0.05, 0.1) is 11.6 Å². The molecule has 3 nitrogen and oxygen atoms in total. The molecule has 0 aliphatic rings. The van der Waals surface area contributed by atoms with Crippen LogP contribution in [-0.4, -0.2) is 11.1 Å². The fourth-order valence-electron chi connectivity index (χ4n) is 1.87. The number of halogens is 7. The summed E-state index contributed by atoms with van der Waals surface area (Å²) in [5, 5.41) is 17.7. The van der Waals surface area contributed by atoms with Gasteiger partial charge in [-0.15, -0.1) is 0 Å². The minimum atomic E-state index is -5.75. The van der Waals surface area contributed by atoms with Gasteiger partial charge in [0.25, 0.3) is 0 Å². The van der Waals surface area contributed by atoms with Gasteiger partial charge >= 0.3 is 12.1 Å². The summed E-state index contributed by atoms with van der Waals surface area (Å²) < 4.78 is 91.7. The summed E-state index contributed by atoms with van der Waals surface area (Å²) >= 11 is 0. The number of aliphatic carboxylic acids is 1. The van der Waals surface area contributed by atoms with E-state index in [1.54, 1.807) is 0 Å². The highest BCUT2D eigenvalue weighted by Gasteiger charge is 2.49. The number of carboxylic acid groups (broad SMARTS) is 1. The Hall–Kier alpha value is -2.31. The Labute approximate surface area is 118 Å². The van der Waals surface area contributed by atoms with E-state index >= 15 is 0 Å². The van der Waals surface area contributed by atoms with Crippen LogP contribution in [0.2, 0.25) is 0 Å². The quantitative estimate of drug-likeness (QED) is 0.682. The van der Waals surface area contributed by atoms with E-state index in [1.165, 1.54) is 0 Å². The van der Waals surface area contributed by atoms with Gasteiger partial charge in [0.1, 0.15) is 5.56 Å². The van der Waals surface area contributed by atoms with Crippen LogP contribution in [-0.2, 0) is 16.4 Å². The van der Waals surface area contributed by atoms with E-state index in [0.717, 1.165) is 13.0 Å². The number of nitrogens with zero attached hydrogens (tertiary/aromatic N) is 1. The average Bonchev–Trinajstić information content (AvgIpc) is 2.40. The van der Waals surface area contributed by atoms with Crippen molar-refractivity contribution in [3.8, 4) is 6.07 Å². The van der Waals surface area contributed by atoms with Crippen LogP contribution >= 0.6 is 0 Å². The topological polar surface area (TPSA) is 61.1 Å². The Balaban J connectivity index is 3.97. The molecule has 0 radical (unpaired) electrons. The summed E-state index contributed by atoms with van der Waals surface area (Å²) in [6, 6.07) is 0.981. The molecule has 1 aromatic rings. The van der Waals surface area contributed by atoms with Crippen molar-refractivity contribution in [2.24, 2.45) is 0 Å². The molecule has 120 valence electrons. The zero-order chi connectivity index (χ0) is 17.5. The first kappa shape index (κ1) is 17.7. The first-order chi connectivity index (χ1) is 9.95. The van der Waals surface area contributed by atoms with Crippen molar-refractivity contribution in [1.29, 1.82) is 5.26 Å². The van der Waals surface area contributed by atoms with Gasteiger partial charge in [-0.2, -0.15) is 18.4 Å². The summed E-state index contributed by atoms with van der Waals surface area (Å²) in [5.74, 6) is -12.9. The van der Waals surface area contributed by atoms with Crippen molar-refractivity contribution < 1.29 is 40.6 Å². The number of alkyl halides is 3. The van der Waals surface area contributed by atoms with Crippen molar-refractivity contribution in [2.75, 3.05) is 0 Å². The van der Waals surface area contributed by atoms with E-state index in [2.05, 4.69) is 0 Å². The molecule has 0 aromatic heterocycles. The molecule has 0 aliphatic carbocycles. The summed E-state index contributed by atoms with van der Waals surface area (Å²) in [4.78, 5) is 11.1. The fraction of sp³-hybridized carbons (Fsp3) is 0.333. The van der Waals surface area contributed by atoms with Crippen LogP contribution in [0.25, 0.3) is 0 Å². The van der Waals surface area contributed by atoms with E-state index in [0.29, 0.717) is 0 Å². The monoisotopic (exact) mass is 329 g/mol. The number of hydrogen-bond acceptors (Lipinski definition) is 2. The maximum atomic E-state index is 13.8. The minimum absolute atomic E-state index is 0.836. The molecule has 1 rings (SSSR count). The molecular formula is C12H6F7NO2. The summed E-state index contributed by atoms with van der Waals surface area (Å²) in [6.07, 6.45) is -6.59. The third-order valence-corrected chi connectivity index (χ3v) is 3.06. The highest BCUT2D eigenvalue weighted by atomic mass is 19.4. The minimum Gasteiger partial charge on any atom is -0.480 e. The van der Waals surface area contributed by atoms with Crippen molar-refractivity contribution in [2.45, 2.75) is 24.9 Å². The van der Waals surface area contributed by atoms with Crippen molar-refractivity contribution in [3.05, 3.63) is 34.4 Å². The maximum Gasteiger partial charge on any atom is 0.422 e. The number of nitriles is 1. The molecule has 10 heteroatoms. The third-order valence-electron chi connectivity index (χ3n) is 3.06. The molecule has 1 N–H and O–H groups in total. The van der Waals surface area contributed by atoms with Gasteiger partial charge in [0, 0.05) is 0 Å². The SMILES string of the molecule is CCC(C#N)(C(=O)O)c1c(F)c(F)c(C(F)(F)F)c(F)c1F. The lowest BCUT2D eigenvalue weighted by Crippen LogP contribution is -2.37. The van der Waals surface area contributed by atoms with Gasteiger partial charge in [-0.3, -0.25) is 4.79 Å². The zero-order valence-electron chi connectivity index (χ0n) is 10.7. The van der Waals surface area contributed by atoms with Crippen LogP contribution in [0.3, 0.4) is 0 Å². The Morgan fingerprint density at radius 1 is 1.05 bits per heavy atom. The van der Waals surface area contributed by atoms with E-state index in [9.17, 15) is 35.5 Å². The zero-order valence-corrected chi connectivity index (χ0v) is 10.7. The second-order valence-corrected chi connectivity index (χ2v) is 4.18. The Bertz CT molecular complexity index is 649. The van der Waals surface area contributed by atoms with Crippen molar-refractivity contribution in [1.82, 2.24) is 0 Å². The largest absolute Gasteiger partial charge is 0.480 e. The molecule has 1 aromatic carbocycles. The van der Waals surface area contributed by atoms with Crippen LogP contribution in [0.5, 0.6) is 0 Å². The molecule has 0 fully saturated rings. The van der Waals surface area contributed by atoms with Crippen LogP contribution in [0.4, 0.5) is 30.7 Å². The number of benzene rings is 1. The van der Waals surface area contributed by atoms with Gasteiger partial charge in [-0.25, -0.2) is 17.6 Å². The molecule has 0 saturated heterocycles. The summed E-state index contributed by atoms with van der Waals surface area (Å²) in [6.45, 7) is 0.962. The van der Waals surface area contributed by atoms with Crippen molar-refractivity contribution in [3.63, 3.8) is 0 Å². The van der Waals surface area contributed by atoms with Gasteiger partial charge in [-0.1, -0.05) is 6.92 Å². The number of carbonyl (C=O) groups is 1. The smallest absolute Gasteiger partial charge is 0.422 e. The predicted octanol–water partition coefficient (Wildman–Crippen LogP) is 3.52. The second kappa shape index (κ2) is 5.47. The molecule has 1 atom stereocenters. The van der Waals surface area contributed by atoms with Crippen LogP contribution < -0.4 is 0 Å². The molecule has 1 unspecified atom stereocenters. The maximum absolute atomic E-state index is 13.8.